The third-order valence-corrected chi connectivity index (χ3v) is 6.55. The van der Waals surface area contributed by atoms with Crippen molar-refractivity contribution in [2.24, 2.45) is 0 Å². The normalized spacial score (nSPS) is 15.8. The van der Waals surface area contributed by atoms with Gasteiger partial charge in [-0.05, 0) is 59.7 Å². The van der Waals surface area contributed by atoms with E-state index < -0.39 is 0 Å². The summed E-state index contributed by atoms with van der Waals surface area (Å²) in [5.74, 6) is 0.864. The number of rotatable bonds is 10. The number of nitrogens with zero attached hydrogens (tertiary/aromatic N) is 5. The summed E-state index contributed by atoms with van der Waals surface area (Å²) in [5.41, 5.74) is 2.81. The molecule has 0 aliphatic heterocycles. The predicted molar refractivity (Wildman–Crippen MR) is 124 cm³/mol. The number of hydrogen-bond acceptors (Lipinski definition) is 6. The van der Waals surface area contributed by atoms with Crippen LogP contribution in [0, 0.1) is 6.92 Å². The molecule has 0 bridgehead atoms. The lowest BCUT2D eigenvalue weighted by atomic mass is 10.0. The van der Waals surface area contributed by atoms with Gasteiger partial charge in [-0.3, -0.25) is 9.69 Å². The van der Waals surface area contributed by atoms with Gasteiger partial charge in [0.25, 0.3) is 5.56 Å². The quantitative estimate of drug-likeness (QED) is 0.519. The number of tetrazole rings is 1. The van der Waals surface area contributed by atoms with E-state index in [1.807, 2.05) is 23.7 Å². The van der Waals surface area contributed by atoms with E-state index in [9.17, 15) is 4.79 Å². The molecule has 1 saturated carbocycles. The monoisotopic (exact) mass is 438 g/mol. The predicted octanol–water partition coefficient (Wildman–Crippen LogP) is 3.76. The number of aromatic amines is 1. The summed E-state index contributed by atoms with van der Waals surface area (Å²) in [6, 6.07) is 8.73. The smallest absolute Gasteiger partial charge is 0.252 e. The number of pyridine rings is 1. The number of aryl methyl sites for hydroxylation is 1. The van der Waals surface area contributed by atoms with Crippen molar-refractivity contribution in [2.75, 3.05) is 13.7 Å². The number of ether oxygens (including phenoxy) is 1. The fourth-order valence-electron chi connectivity index (χ4n) is 4.91. The third-order valence-electron chi connectivity index (χ3n) is 6.55. The minimum Gasteiger partial charge on any atom is -0.383 e. The highest BCUT2D eigenvalue weighted by Crippen LogP contribution is 2.34. The maximum Gasteiger partial charge on any atom is 0.252 e. The van der Waals surface area contributed by atoms with Crippen molar-refractivity contribution in [3.63, 3.8) is 0 Å². The average Bonchev–Trinajstić information content (AvgIpc) is 3.47. The molecule has 8 nitrogen and oxygen atoms in total. The van der Waals surface area contributed by atoms with Gasteiger partial charge in [-0.15, -0.1) is 5.10 Å². The molecule has 8 heteroatoms. The van der Waals surface area contributed by atoms with E-state index in [2.05, 4.69) is 44.5 Å². The summed E-state index contributed by atoms with van der Waals surface area (Å²) in [6.45, 7) is 5.99. The largest absolute Gasteiger partial charge is 0.383 e. The summed E-state index contributed by atoms with van der Waals surface area (Å²) in [5, 5.41) is 13.7. The number of methoxy groups -OCH3 is 1. The average molecular weight is 439 g/mol. The molecule has 0 amide bonds. The molecule has 2 heterocycles. The van der Waals surface area contributed by atoms with Crippen LogP contribution in [0.1, 0.15) is 68.4 Å². The van der Waals surface area contributed by atoms with Gasteiger partial charge in [-0.1, -0.05) is 38.3 Å². The first-order valence-electron chi connectivity index (χ1n) is 11.7. The van der Waals surface area contributed by atoms with Crippen LogP contribution in [-0.4, -0.2) is 49.8 Å². The van der Waals surface area contributed by atoms with Crippen LogP contribution in [0.3, 0.4) is 0 Å². The van der Waals surface area contributed by atoms with Gasteiger partial charge >= 0.3 is 0 Å². The molecule has 3 aromatic rings. The molecule has 0 spiro atoms. The van der Waals surface area contributed by atoms with Crippen molar-refractivity contribution in [1.82, 2.24) is 30.1 Å². The Bertz CT molecular complexity index is 1090. The van der Waals surface area contributed by atoms with Crippen molar-refractivity contribution >= 4 is 10.9 Å². The first kappa shape index (κ1) is 22.6. The van der Waals surface area contributed by atoms with Crippen molar-refractivity contribution in [1.29, 1.82) is 0 Å². The topological polar surface area (TPSA) is 88.9 Å². The molecular formula is C24H34N6O2. The minimum atomic E-state index is -0.0136. The first-order chi connectivity index (χ1) is 15.6. The maximum absolute atomic E-state index is 13.0. The lowest BCUT2D eigenvalue weighted by molar-refractivity contribution is 0.105. The second-order valence-electron chi connectivity index (χ2n) is 8.88. The van der Waals surface area contributed by atoms with Crippen LogP contribution in [-0.2, 0) is 17.8 Å². The zero-order valence-corrected chi connectivity index (χ0v) is 19.4. The Kier molecular flexibility index (Phi) is 7.32. The molecule has 0 unspecified atom stereocenters. The lowest BCUT2D eigenvalue weighted by Gasteiger charge is -2.35. The van der Waals surface area contributed by atoms with E-state index in [1.165, 1.54) is 12.8 Å². The molecule has 1 N–H and O–H groups in total. The van der Waals surface area contributed by atoms with Crippen molar-refractivity contribution in [3.05, 3.63) is 51.6 Å². The van der Waals surface area contributed by atoms with Gasteiger partial charge < -0.3 is 9.72 Å². The lowest BCUT2D eigenvalue weighted by Crippen LogP contribution is -2.39. The first-order valence-corrected chi connectivity index (χ1v) is 11.7. The standard InChI is InChI=1S/C24H34N6O2/c1-4-7-22(23-26-27-28-30(23)12-13-32-3)29(20-8-5-6-9-20)16-19-15-18-11-10-17(2)14-21(18)25-24(19)31/h10-11,14-15,20,22H,4-9,12-13,16H2,1-3H3,(H,25,31)/t22-/m1/s1. The molecule has 32 heavy (non-hydrogen) atoms. The van der Waals surface area contributed by atoms with Gasteiger partial charge in [0.1, 0.15) is 0 Å². The van der Waals surface area contributed by atoms with Gasteiger partial charge in [-0.2, -0.15) is 0 Å². The molecule has 1 fully saturated rings. The van der Waals surface area contributed by atoms with E-state index in [4.69, 9.17) is 4.74 Å². The highest BCUT2D eigenvalue weighted by atomic mass is 16.5. The summed E-state index contributed by atoms with van der Waals surface area (Å²) in [4.78, 5) is 18.6. The Balaban J connectivity index is 1.71. The van der Waals surface area contributed by atoms with Crippen LogP contribution < -0.4 is 5.56 Å². The van der Waals surface area contributed by atoms with Crippen LogP contribution in [0.25, 0.3) is 10.9 Å². The summed E-state index contributed by atoms with van der Waals surface area (Å²) in [7, 11) is 1.69. The van der Waals surface area contributed by atoms with Gasteiger partial charge in [0.2, 0.25) is 0 Å². The van der Waals surface area contributed by atoms with Gasteiger partial charge in [0, 0.05) is 30.8 Å². The Morgan fingerprint density at radius 3 is 2.84 bits per heavy atom. The van der Waals surface area contributed by atoms with Gasteiger partial charge in [0.15, 0.2) is 5.82 Å². The van der Waals surface area contributed by atoms with Crippen LogP contribution in [0.5, 0.6) is 0 Å². The Morgan fingerprint density at radius 1 is 1.28 bits per heavy atom. The fraction of sp³-hybridized carbons (Fsp3) is 0.583. The number of benzene rings is 1. The van der Waals surface area contributed by atoms with Crippen molar-refractivity contribution in [2.45, 2.75) is 77.5 Å². The minimum absolute atomic E-state index is 0.0136. The van der Waals surface area contributed by atoms with Crippen LogP contribution in [0.2, 0.25) is 0 Å². The third kappa shape index (κ3) is 4.91. The second-order valence-corrected chi connectivity index (χ2v) is 8.88. The van der Waals surface area contributed by atoms with E-state index in [0.29, 0.717) is 25.7 Å². The fourth-order valence-corrected chi connectivity index (χ4v) is 4.91. The second kappa shape index (κ2) is 10.4. The molecule has 172 valence electrons. The molecule has 1 aliphatic rings. The number of hydrogen-bond donors (Lipinski definition) is 1. The van der Waals surface area contributed by atoms with Gasteiger partial charge in [0.05, 0.1) is 19.2 Å². The maximum atomic E-state index is 13.0. The number of fused-ring (bicyclic) bond motifs is 1. The Labute approximate surface area is 189 Å². The highest BCUT2D eigenvalue weighted by molar-refractivity contribution is 5.79. The van der Waals surface area contributed by atoms with Crippen molar-refractivity contribution < 1.29 is 4.74 Å². The van der Waals surface area contributed by atoms with Crippen LogP contribution in [0.4, 0.5) is 0 Å². The Hall–Kier alpha value is -2.58. The van der Waals surface area contributed by atoms with E-state index in [0.717, 1.165) is 53.5 Å². The molecule has 0 radical (unpaired) electrons. The van der Waals surface area contributed by atoms with Crippen LogP contribution in [0.15, 0.2) is 29.1 Å². The van der Waals surface area contributed by atoms with E-state index >= 15 is 0 Å². The molecule has 1 aliphatic carbocycles. The SMILES string of the molecule is CCC[C@H](c1nnnn1CCOC)N(Cc1cc2ccc(C)cc2[nH]c1=O)C1CCCC1. The number of H-pyrrole nitrogens is 1. The zero-order valence-electron chi connectivity index (χ0n) is 19.4. The highest BCUT2D eigenvalue weighted by Gasteiger charge is 2.33. The molecule has 1 aromatic carbocycles. The van der Waals surface area contributed by atoms with Crippen LogP contribution >= 0.6 is 0 Å². The molecule has 4 rings (SSSR count). The number of aromatic nitrogens is 5. The molecular weight excluding hydrogens is 404 g/mol. The molecule has 0 saturated heterocycles. The summed E-state index contributed by atoms with van der Waals surface area (Å²) in [6.07, 6.45) is 6.69. The Morgan fingerprint density at radius 2 is 2.09 bits per heavy atom. The number of nitrogens with one attached hydrogen (secondary N) is 1. The van der Waals surface area contributed by atoms with Crippen molar-refractivity contribution in [3.8, 4) is 0 Å². The zero-order chi connectivity index (χ0) is 22.5. The summed E-state index contributed by atoms with van der Waals surface area (Å²) < 4.78 is 7.12. The summed E-state index contributed by atoms with van der Waals surface area (Å²) >= 11 is 0. The molecule has 1 atom stereocenters. The van der Waals surface area contributed by atoms with E-state index in [-0.39, 0.29) is 11.6 Å². The van der Waals surface area contributed by atoms with Gasteiger partial charge in [-0.25, -0.2) is 4.68 Å². The van der Waals surface area contributed by atoms with E-state index in [1.54, 1.807) is 7.11 Å². The molecule has 2 aromatic heterocycles.